The number of hydrogen-bond acceptors (Lipinski definition) is 3. The van der Waals surface area contributed by atoms with Gasteiger partial charge in [-0.2, -0.15) is 0 Å². The van der Waals surface area contributed by atoms with Crippen LogP contribution in [0.4, 0.5) is 0 Å². The molecule has 0 saturated heterocycles. The molecule has 1 aliphatic carbocycles. The van der Waals surface area contributed by atoms with Gasteiger partial charge in [0.15, 0.2) is 0 Å². The molecule has 0 heterocycles. The fourth-order valence-corrected chi connectivity index (χ4v) is 2.88. The number of nitrogens with one attached hydrogen (secondary N) is 3. The van der Waals surface area contributed by atoms with Crippen molar-refractivity contribution in [2.24, 2.45) is 0 Å². The molecule has 1 aromatic rings. The van der Waals surface area contributed by atoms with Gasteiger partial charge in [0.1, 0.15) is 0 Å². The van der Waals surface area contributed by atoms with Gasteiger partial charge in [0, 0.05) is 0 Å². The summed E-state index contributed by atoms with van der Waals surface area (Å²) in [6.07, 6.45) is 4.50. The predicted octanol–water partition coefficient (Wildman–Crippen LogP) is 4.15. The van der Waals surface area contributed by atoms with Crippen molar-refractivity contribution >= 4 is 6.08 Å². The monoisotopic (exact) mass is 424 g/mol. The van der Waals surface area contributed by atoms with Crippen LogP contribution in [-0.2, 0) is 24.7 Å². The van der Waals surface area contributed by atoms with Crippen molar-refractivity contribution in [1.29, 1.82) is 0 Å². The first-order chi connectivity index (χ1) is 12.1. The van der Waals surface area contributed by atoms with Gasteiger partial charge in [-0.25, -0.2) is 0 Å². The molecule has 1 atom stereocenters. The minimum absolute atomic E-state index is 0.711. The fourth-order valence-electron chi connectivity index (χ4n) is 2.00. The Morgan fingerprint density at radius 3 is 1.44 bits per heavy atom. The van der Waals surface area contributed by atoms with Crippen LogP contribution in [0.15, 0.2) is 30.3 Å². The molecule has 0 saturated carbocycles. The van der Waals surface area contributed by atoms with E-state index in [9.17, 15) is 0 Å². The van der Waals surface area contributed by atoms with E-state index in [2.05, 4.69) is 93.9 Å². The van der Waals surface area contributed by atoms with Gasteiger partial charge in [0.05, 0.1) is 0 Å². The van der Waals surface area contributed by atoms with Crippen molar-refractivity contribution in [3.63, 3.8) is 0 Å². The third kappa shape index (κ3) is 16.9. The molecule has 1 unspecified atom stereocenters. The third-order valence-electron chi connectivity index (χ3n) is 3.30. The van der Waals surface area contributed by atoms with E-state index in [0.717, 1.165) is 39.3 Å². The van der Waals surface area contributed by atoms with Crippen molar-refractivity contribution in [3.05, 3.63) is 41.5 Å². The normalized spacial score (nSPS) is 13.4. The van der Waals surface area contributed by atoms with Crippen molar-refractivity contribution in [2.45, 2.75) is 45.2 Å². The zero-order valence-corrected chi connectivity index (χ0v) is 19.7. The van der Waals surface area contributed by atoms with E-state index in [1.54, 1.807) is 24.7 Å². The van der Waals surface area contributed by atoms with Crippen LogP contribution in [-0.4, -0.2) is 39.3 Å². The Kier molecular flexibility index (Phi) is 23.5. The quantitative estimate of drug-likeness (QED) is 0.641. The van der Waals surface area contributed by atoms with Crippen LogP contribution in [0.25, 0.3) is 6.08 Å². The molecule has 2 rings (SSSR count). The van der Waals surface area contributed by atoms with Crippen molar-refractivity contribution in [3.8, 4) is 0 Å². The van der Waals surface area contributed by atoms with E-state index in [-0.39, 0.29) is 0 Å². The van der Waals surface area contributed by atoms with Gasteiger partial charge >= 0.3 is 75.9 Å². The maximum absolute atomic E-state index is 3.11. The Hall–Kier alpha value is -0.277. The first-order valence-corrected chi connectivity index (χ1v) is 11.1. The first-order valence-electron chi connectivity index (χ1n) is 9.72. The standard InChI is InChI=1S/C9H7.3C4H11N.Zr/c1-2-5-9-7-3-6-8(9)4-1;3*1-3-5-4-2;/h1-7H;3*5H,3-4H2,1-2H3;. The van der Waals surface area contributed by atoms with Gasteiger partial charge in [0.25, 0.3) is 0 Å². The number of hydrogen-bond donors (Lipinski definition) is 3. The van der Waals surface area contributed by atoms with Gasteiger partial charge in [-0.05, 0) is 39.3 Å². The van der Waals surface area contributed by atoms with E-state index in [0.29, 0.717) is 3.63 Å². The average molecular weight is 426 g/mol. The Morgan fingerprint density at radius 1 is 0.720 bits per heavy atom. The Bertz CT molecular complexity index is 388. The van der Waals surface area contributed by atoms with Crippen LogP contribution in [0.3, 0.4) is 0 Å². The van der Waals surface area contributed by atoms with Crippen molar-refractivity contribution in [1.82, 2.24) is 16.0 Å². The predicted molar refractivity (Wildman–Crippen MR) is 111 cm³/mol. The summed E-state index contributed by atoms with van der Waals surface area (Å²) in [7, 11) is 0. The SMILES string of the molecule is CCNCC.CCNCC.CCNCC.[Zr][CH]1C=Cc2ccccc21. The molecule has 0 spiro atoms. The van der Waals surface area contributed by atoms with Crippen LogP contribution in [0.1, 0.15) is 56.3 Å². The summed E-state index contributed by atoms with van der Waals surface area (Å²) in [4.78, 5) is 0. The summed E-state index contributed by atoms with van der Waals surface area (Å²) in [5.74, 6) is 0. The van der Waals surface area contributed by atoms with Gasteiger partial charge in [-0.1, -0.05) is 41.5 Å². The number of benzene rings is 1. The number of rotatable bonds is 6. The summed E-state index contributed by atoms with van der Waals surface area (Å²) in [6.45, 7) is 19.2. The van der Waals surface area contributed by atoms with E-state index in [4.69, 9.17) is 0 Å². The molecule has 0 radical (unpaired) electrons. The molecule has 1 aromatic carbocycles. The summed E-state index contributed by atoms with van der Waals surface area (Å²) >= 11 is 1.59. The number of allylic oxidation sites excluding steroid dienone is 1. The van der Waals surface area contributed by atoms with Gasteiger partial charge in [0.2, 0.25) is 0 Å². The van der Waals surface area contributed by atoms with Crippen LogP contribution < -0.4 is 16.0 Å². The summed E-state index contributed by atoms with van der Waals surface area (Å²) < 4.78 is 0.711. The molecule has 0 bridgehead atoms. The Labute approximate surface area is 172 Å². The van der Waals surface area contributed by atoms with Gasteiger partial charge in [-0.3, -0.25) is 0 Å². The van der Waals surface area contributed by atoms with Crippen LogP contribution >= 0.6 is 0 Å². The second kappa shape index (κ2) is 21.8. The summed E-state index contributed by atoms with van der Waals surface area (Å²) in [5.41, 5.74) is 2.91. The Morgan fingerprint density at radius 2 is 1.12 bits per heavy atom. The van der Waals surface area contributed by atoms with Crippen molar-refractivity contribution in [2.75, 3.05) is 39.3 Å². The molecule has 143 valence electrons. The fraction of sp³-hybridized carbons (Fsp3) is 0.619. The van der Waals surface area contributed by atoms with Gasteiger partial charge < -0.3 is 16.0 Å². The van der Waals surface area contributed by atoms with Crippen LogP contribution in [0.2, 0.25) is 0 Å². The summed E-state index contributed by atoms with van der Waals surface area (Å²) in [5, 5.41) is 9.33. The van der Waals surface area contributed by atoms with Crippen LogP contribution in [0, 0.1) is 0 Å². The van der Waals surface area contributed by atoms with E-state index < -0.39 is 0 Å². The average Bonchev–Trinajstić information content (AvgIpc) is 3.00. The Balaban J connectivity index is 0. The second-order valence-corrected chi connectivity index (χ2v) is 6.87. The van der Waals surface area contributed by atoms with Crippen LogP contribution in [0.5, 0.6) is 0 Å². The molecular formula is C21H40N3Zr. The zero-order valence-electron chi connectivity index (χ0n) is 17.3. The summed E-state index contributed by atoms with van der Waals surface area (Å²) in [6, 6.07) is 8.60. The second-order valence-electron chi connectivity index (χ2n) is 5.34. The maximum atomic E-state index is 3.11. The minimum atomic E-state index is 0.711. The molecule has 4 heteroatoms. The molecule has 25 heavy (non-hydrogen) atoms. The molecule has 1 aliphatic rings. The van der Waals surface area contributed by atoms with Crippen molar-refractivity contribution < 1.29 is 24.7 Å². The van der Waals surface area contributed by atoms with E-state index in [1.807, 2.05) is 0 Å². The molecular weight excluding hydrogens is 385 g/mol. The molecule has 0 fully saturated rings. The molecule has 3 N–H and O–H groups in total. The van der Waals surface area contributed by atoms with Gasteiger partial charge in [-0.15, -0.1) is 0 Å². The molecule has 0 amide bonds. The van der Waals surface area contributed by atoms with E-state index >= 15 is 0 Å². The topological polar surface area (TPSA) is 36.1 Å². The first kappa shape index (κ1) is 26.9. The molecule has 3 nitrogen and oxygen atoms in total. The third-order valence-corrected chi connectivity index (χ3v) is 4.54. The van der Waals surface area contributed by atoms with E-state index in [1.165, 1.54) is 11.1 Å². The molecule has 0 aromatic heterocycles. The molecule has 0 aliphatic heterocycles. The number of fused-ring (bicyclic) bond motifs is 1. The zero-order chi connectivity index (χ0) is 19.3.